The Hall–Kier alpha value is -3.08. The van der Waals surface area contributed by atoms with Gasteiger partial charge in [0.2, 0.25) is 5.91 Å². The molecule has 1 aliphatic heterocycles. The van der Waals surface area contributed by atoms with Crippen molar-refractivity contribution in [1.29, 1.82) is 0 Å². The van der Waals surface area contributed by atoms with Crippen molar-refractivity contribution in [3.05, 3.63) is 90.0 Å². The highest BCUT2D eigenvalue weighted by Gasteiger charge is 2.34. The molecule has 0 aromatic heterocycles. The summed E-state index contributed by atoms with van der Waals surface area (Å²) in [4.78, 5) is 14.5. The first-order chi connectivity index (χ1) is 13.4. The van der Waals surface area contributed by atoms with Gasteiger partial charge in [0.25, 0.3) is 0 Å². The second-order valence-corrected chi connectivity index (χ2v) is 6.89. The van der Waals surface area contributed by atoms with E-state index in [4.69, 9.17) is 0 Å². The first kappa shape index (κ1) is 18.3. The van der Waals surface area contributed by atoms with Crippen molar-refractivity contribution >= 4 is 22.4 Å². The molecule has 3 aromatic rings. The second-order valence-electron chi connectivity index (χ2n) is 6.89. The predicted octanol–water partition coefficient (Wildman–Crippen LogP) is 5.91. The Labute approximate surface area is 160 Å². The summed E-state index contributed by atoms with van der Waals surface area (Å²) in [7, 11) is 0. The first-order valence-corrected chi connectivity index (χ1v) is 9.00. The zero-order valence-electron chi connectivity index (χ0n) is 15.0. The molecule has 3 aromatic carbocycles. The van der Waals surface area contributed by atoms with E-state index >= 15 is 0 Å². The van der Waals surface area contributed by atoms with Gasteiger partial charge in [0.05, 0.1) is 5.56 Å². The van der Waals surface area contributed by atoms with Crippen LogP contribution in [0.3, 0.4) is 0 Å². The molecule has 0 N–H and O–H groups in total. The fraction of sp³-hybridized carbons (Fsp3) is 0.174. The zero-order chi connectivity index (χ0) is 19.9. The topological polar surface area (TPSA) is 20.3 Å². The number of fused-ring (bicyclic) bond motifs is 3. The molecule has 1 unspecified atom stereocenters. The smallest absolute Gasteiger partial charge is 0.308 e. The van der Waals surface area contributed by atoms with Gasteiger partial charge in [0.1, 0.15) is 0 Å². The van der Waals surface area contributed by atoms with Crippen LogP contribution in [0.15, 0.2) is 73.3 Å². The maximum atomic E-state index is 12.9. The van der Waals surface area contributed by atoms with Crippen LogP contribution in [-0.2, 0) is 11.0 Å². The molecule has 0 aliphatic carbocycles. The van der Waals surface area contributed by atoms with Gasteiger partial charge in [-0.15, -0.1) is 6.58 Å². The molecule has 2 nitrogen and oxygen atoms in total. The number of halogens is 3. The van der Waals surface area contributed by atoms with E-state index < -0.39 is 11.7 Å². The quantitative estimate of drug-likeness (QED) is 0.516. The minimum absolute atomic E-state index is 0.0624. The van der Waals surface area contributed by atoms with Gasteiger partial charge in [-0.2, -0.15) is 13.2 Å². The van der Waals surface area contributed by atoms with Gasteiger partial charge >= 0.3 is 6.18 Å². The Morgan fingerprint density at radius 2 is 1.75 bits per heavy atom. The number of alkyl halides is 3. The summed E-state index contributed by atoms with van der Waals surface area (Å²) in [6.07, 6.45) is -2.50. The summed E-state index contributed by atoms with van der Waals surface area (Å²) >= 11 is 0. The van der Waals surface area contributed by atoms with Gasteiger partial charge < -0.3 is 4.90 Å². The molecular formula is C23H18F3NO. The van der Waals surface area contributed by atoms with Crippen LogP contribution >= 0.6 is 0 Å². The molecular weight excluding hydrogens is 363 g/mol. The third-order valence-corrected chi connectivity index (χ3v) is 5.22. The molecule has 5 heteroatoms. The number of benzene rings is 3. The lowest BCUT2D eigenvalue weighted by atomic mass is 9.81. The van der Waals surface area contributed by atoms with Crippen LogP contribution in [-0.4, -0.2) is 12.5 Å². The van der Waals surface area contributed by atoms with E-state index in [0.29, 0.717) is 12.1 Å². The highest BCUT2D eigenvalue weighted by Crippen LogP contribution is 2.44. The van der Waals surface area contributed by atoms with Crippen molar-refractivity contribution in [1.82, 2.24) is 0 Å². The number of hydrogen-bond donors (Lipinski definition) is 0. The maximum absolute atomic E-state index is 12.9. The van der Waals surface area contributed by atoms with Crippen molar-refractivity contribution in [2.45, 2.75) is 18.5 Å². The van der Waals surface area contributed by atoms with Crippen molar-refractivity contribution in [3.8, 4) is 0 Å². The summed E-state index contributed by atoms with van der Waals surface area (Å²) in [5.41, 5.74) is 1.78. The summed E-state index contributed by atoms with van der Waals surface area (Å²) < 4.78 is 38.8. The van der Waals surface area contributed by atoms with Crippen LogP contribution < -0.4 is 4.90 Å². The van der Waals surface area contributed by atoms with Crippen molar-refractivity contribution < 1.29 is 18.0 Å². The molecule has 142 valence electrons. The summed E-state index contributed by atoms with van der Waals surface area (Å²) in [5, 5.41) is 2.04. The summed E-state index contributed by atoms with van der Waals surface area (Å²) in [5.74, 6) is -0.357. The lowest BCUT2D eigenvalue weighted by Crippen LogP contribution is -2.37. The minimum Gasteiger partial charge on any atom is -0.308 e. The van der Waals surface area contributed by atoms with Crippen LogP contribution in [0.25, 0.3) is 10.8 Å². The average molecular weight is 381 g/mol. The molecule has 1 amide bonds. The minimum atomic E-state index is -4.38. The predicted molar refractivity (Wildman–Crippen MR) is 104 cm³/mol. The highest BCUT2D eigenvalue weighted by atomic mass is 19.4. The molecule has 0 bridgehead atoms. The number of carbonyl (C=O) groups excluding carboxylic acids is 1. The summed E-state index contributed by atoms with van der Waals surface area (Å²) in [6.45, 7) is 4.13. The Morgan fingerprint density at radius 3 is 2.43 bits per heavy atom. The molecule has 0 spiro atoms. The van der Waals surface area contributed by atoms with Crippen LogP contribution in [0.5, 0.6) is 0 Å². The van der Waals surface area contributed by atoms with Gasteiger partial charge in [-0.1, -0.05) is 48.5 Å². The largest absolute Gasteiger partial charge is 0.416 e. The molecule has 1 aliphatic rings. The molecule has 4 rings (SSSR count). The molecule has 0 radical (unpaired) electrons. The molecule has 1 atom stereocenters. The van der Waals surface area contributed by atoms with Crippen molar-refractivity contribution in [3.63, 3.8) is 0 Å². The Kier molecular flexibility index (Phi) is 4.46. The van der Waals surface area contributed by atoms with E-state index in [0.717, 1.165) is 34.2 Å². The molecule has 0 saturated carbocycles. The van der Waals surface area contributed by atoms with Crippen LogP contribution in [0, 0.1) is 0 Å². The number of amides is 1. The highest BCUT2D eigenvalue weighted by molar-refractivity contribution is 6.03. The van der Waals surface area contributed by atoms with E-state index in [1.54, 1.807) is 11.0 Å². The second kappa shape index (κ2) is 6.82. The van der Waals surface area contributed by atoms with Crippen LogP contribution in [0.1, 0.15) is 29.0 Å². The summed E-state index contributed by atoms with van der Waals surface area (Å²) in [6, 6.07) is 16.9. The lowest BCUT2D eigenvalue weighted by molar-refractivity contribution is -0.137. The van der Waals surface area contributed by atoms with E-state index in [1.165, 1.54) is 12.1 Å². The van der Waals surface area contributed by atoms with Gasteiger partial charge in [-0.05, 0) is 40.1 Å². The molecule has 0 saturated heterocycles. The number of anilines is 1. The monoisotopic (exact) mass is 381 g/mol. The third kappa shape index (κ3) is 3.07. The number of carbonyl (C=O) groups is 1. The lowest BCUT2D eigenvalue weighted by Gasteiger charge is -2.35. The van der Waals surface area contributed by atoms with Crippen molar-refractivity contribution in [2.24, 2.45) is 0 Å². The fourth-order valence-corrected chi connectivity index (χ4v) is 3.93. The normalized spacial score (nSPS) is 16.9. The third-order valence-electron chi connectivity index (χ3n) is 5.22. The Balaban J connectivity index is 1.90. The van der Waals surface area contributed by atoms with Gasteiger partial charge in [-0.3, -0.25) is 4.79 Å². The van der Waals surface area contributed by atoms with E-state index in [2.05, 4.69) is 6.58 Å². The van der Waals surface area contributed by atoms with Crippen molar-refractivity contribution in [2.75, 3.05) is 11.4 Å². The fourth-order valence-electron chi connectivity index (χ4n) is 3.93. The molecule has 28 heavy (non-hydrogen) atoms. The zero-order valence-corrected chi connectivity index (χ0v) is 15.0. The molecule has 0 fully saturated rings. The number of hydrogen-bond acceptors (Lipinski definition) is 1. The van der Waals surface area contributed by atoms with Crippen LogP contribution in [0.2, 0.25) is 0 Å². The van der Waals surface area contributed by atoms with Crippen LogP contribution in [0.4, 0.5) is 18.9 Å². The molecule has 1 heterocycles. The maximum Gasteiger partial charge on any atom is 0.416 e. The Bertz CT molecular complexity index is 1050. The van der Waals surface area contributed by atoms with E-state index in [9.17, 15) is 18.0 Å². The first-order valence-electron chi connectivity index (χ1n) is 9.00. The SMILES string of the molecule is C=CCN1C(=O)CC(c2ccc(C(F)(F)F)cc2)c2c1ccc1ccccc21. The van der Waals surface area contributed by atoms with Gasteiger partial charge in [-0.25, -0.2) is 0 Å². The van der Waals surface area contributed by atoms with E-state index in [1.807, 2.05) is 36.4 Å². The Morgan fingerprint density at radius 1 is 1.04 bits per heavy atom. The van der Waals surface area contributed by atoms with E-state index in [-0.39, 0.29) is 18.2 Å². The number of nitrogens with zero attached hydrogens (tertiary/aromatic N) is 1. The number of rotatable bonds is 3. The average Bonchev–Trinajstić information content (AvgIpc) is 2.69. The standard InChI is InChI=1S/C23H18F3NO/c1-2-13-27-20-12-9-15-5-3-4-6-18(15)22(20)19(14-21(27)28)16-7-10-17(11-8-16)23(24,25)26/h2-12,19H,1,13-14H2. The van der Waals surface area contributed by atoms with Gasteiger partial charge in [0, 0.05) is 24.6 Å². The van der Waals surface area contributed by atoms with Gasteiger partial charge in [0.15, 0.2) is 0 Å².